The second kappa shape index (κ2) is 38.9. The van der Waals surface area contributed by atoms with Gasteiger partial charge in [0.25, 0.3) is 30.7 Å². The molecular formula is C61H83F2IN12O14S. The number of fused-ring (bicyclic) bond motifs is 1. The fourth-order valence-corrected chi connectivity index (χ4v) is 11.7. The van der Waals surface area contributed by atoms with Crippen LogP contribution in [0.5, 0.6) is 5.75 Å². The lowest BCUT2D eigenvalue weighted by atomic mass is 10.1. The van der Waals surface area contributed by atoms with Crippen molar-refractivity contribution in [3.63, 3.8) is 0 Å². The molecule has 3 atom stereocenters. The van der Waals surface area contributed by atoms with Gasteiger partial charge in [-0.2, -0.15) is 11.8 Å². The zero-order valence-corrected chi connectivity index (χ0v) is 54.0. The van der Waals surface area contributed by atoms with Gasteiger partial charge in [0.2, 0.25) is 23.6 Å². The van der Waals surface area contributed by atoms with E-state index in [0.29, 0.717) is 140 Å². The number of alkyl halides is 2. The molecule has 2 aromatic carbocycles. The molecular weight excluding hydrogens is 1320 g/mol. The molecule has 0 saturated carbocycles. The monoisotopic (exact) mass is 1400 g/mol. The van der Waals surface area contributed by atoms with E-state index in [0.717, 1.165) is 20.5 Å². The molecule has 30 heteroatoms. The molecule has 0 spiro atoms. The van der Waals surface area contributed by atoms with Crippen molar-refractivity contribution in [3.05, 3.63) is 69.4 Å². The van der Waals surface area contributed by atoms with Gasteiger partial charge >= 0.3 is 5.97 Å². The van der Waals surface area contributed by atoms with Crippen LogP contribution in [0.3, 0.4) is 0 Å². The van der Waals surface area contributed by atoms with E-state index < -0.39 is 79.1 Å². The van der Waals surface area contributed by atoms with Gasteiger partial charge in [-0.15, -0.1) is 6.42 Å². The number of nitrogens with zero attached hydrogens (tertiary/aromatic N) is 8. The topological polar surface area (TPSA) is 305 Å². The Morgan fingerprint density at radius 3 is 2.09 bits per heavy atom. The zero-order valence-electron chi connectivity index (χ0n) is 51.0. The lowest BCUT2D eigenvalue weighted by molar-refractivity contribution is -0.141. The number of carbonyl (C=O) groups is 9. The first-order valence-corrected chi connectivity index (χ1v) is 32.6. The van der Waals surface area contributed by atoms with E-state index in [-0.39, 0.29) is 76.4 Å². The summed E-state index contributed by atoms with van der Waals surface area (Å²) in [5.74, 6) is -3.81. The van der Waals surface area contributed by atoms with Crippen molar-refractivity contribution in [2.75, 3.05) is 156 Å². The number of amides is 6. The number of carbonyl (C=O) groups excluding carboxylic acids is 8. The Kier molecular flexibility index (Phi) is 31.3. The highest BCUT2D eigenvalue weighted by molar-refractivity contribution is 14.1. The number of hydrogen-bond donors (Lipinski definition) is 6. The predicted octanol–water partition coefficient (Wildman–Crippen LogP) is 0.533. The molecule has 3 aromatic rings. The lowest BCUT2D eigenvalue weighted by Crippen LogP contribution is -2.52. The molecule has 3 saturated heterocycles. The second-order valence-electron chi connectivity index (χ2n) is 22.3. The minimum Gasteiger partial charge on any atom is -0.494 e. The van der Waals surface area contributed by atoms with Crippen LogP contribution >= 0.6 is 34.4 Å². The Hall–Kier alpha value is -6.86. The number of aliphatic carboxylic acids is 1. The van der Waals surface area contributed by atoms with Crippen molar-refractivity contribution in [1.82, 2.24) is 60.6 Å². The normalized spacial score (nSPS) is 17.9. The highest BCUT2D eigenvalue weighted by Crippen LogP contribution is 2.32. The second-order valence-corrected chi connectivity index (χ2v) is 24.7. The third kappa shape index (κ3) is 26.0. The summed E-state index contributed by atoms with van der Waals surface area (Å²) in [7, 11) is 0. The number of halogens is 3. The molecule has 3 aliphatic heterocycles. The Labute approximate surface area is 546 Å². The number of rotatable bonds is 34. The number of piperazine rings is 1. The van der Waals surface area contributed by atoms with Gasteiger partial charge in [-0.3, -0.25) is 72.6 Å². The summed E-state index contributed by atoms with van der Waals surface area (Å²) in [6.07, 6.45) is 7.80. The fourth-order valence-electron chi connectivity index (χ4n) is 10.6. The number of aromatic nitrogens is 1. The number of terminal acetylenes is 1. The van der Waals surface area contributed by atoms with E-state index in [1.54, 1.807) is 28.0 Å². The Balaban J connectivity index is 0.934. The van der Waals surface area contributed by atoms with Crippen LogP contribution in [0.15, 0.2) is 54.7 Å². The number of likely N-dealkylation sites (tertiary alicyclic amines) is 1. The maximum atomic E-state index is 14.0. The molecule has 6 N–H and O–H groups in total. The molecule has 498 valence electrons. The van der Waals surface area contributed by atoms with Crippen molar-refractivity contribution in [3.8, 4) is 18.1 Å². The number of benzene rings is 2. The molecule has 91 heavy (non-hydrogen) atoms. The third-order valence-electron chi connectivity index (χ3n) is 15.6. The molecule has 3 fully saturated rings. The van der Waals surface area contributed by atoms with E-state index >= 15 is 0 Å². The van der Waals surface area contributed by atoms with Crippen LogP contribution in [0.4, 0.5) is 8.78 Å². The van der Waals surface area contributed by atoms with Gasteiger partial charge in [-0.1, -0.05) is 18.1 Å². The van der Waals surface area contributed by atoms with Crippen LogP contribution in [0.1, 0.15) is 54.4 Å². The molecule has 0 radical (unpaired) electrons. The summed E-state index contributed by atoms with van der Waals surface area (Å²) < 4.78 is 45.1. The maximum absolute atomic E-state index is 14.0. The number of thioether (sulfide) groups is 1. The molecule has 0 unspecified atom stereocenters. The first kappa shape index (κ1) is 73.2. The van der Waals surface area contributed by atoms with Crippen LogP contribution in [0.25, 0.3) is 10.9 Å². The number of pyridine rings is 1. The van der Waals surface area contributed by atoms with Gasteiger partial charge in [0.15, 0.2) is 0 Å². The van der Waals surface area contributed by atoms with E-state index in [9.17, 15) is 62.1 Å². The van der Waals surface area contributed by atoms with Gasteiger partial charge < -0.3 is 55.5 Å². The first-order valence-electron chi connectivity index (χ1n) is 30.3. The SMILES string of the molecule is C#C[C@H]1CC(F)(F)CN1C(=O)CNC(=O)c1ccnc2ccc(OCCCN3CCN(C(=O)[C@H](O)CSCCNC(=O)[C@H](CCCNC(=O)CCCc4ccc(I)cc4)NC(=O)CN4CCN(COC=O)CCN(COC=O)CCN(CC(=O)O)CC4)CC3)cc12. The number of ether oxygens (including phenoxy) is 3. The zero-order chi connectivity index (χ0) is 65.5. The highest BCUT2D eigenvalue weighted by Gasteiger charge is 2.46. The average molecular weight is 1410 g/mol. The number of hydrogen-bond acceptors (Lipinski definition) is 20. The number of aryl methyl sites for hydroxylation is 1. The van der Waals surface area contributed by atoms with Crippen molar-refractivity contribution >= 4 is 99.6 Å². The third-order valence-corrected chi connectivity index (χ3v) is 17.3. The summed E-state index contributed by atoms with van der Waals surface area (Å²) in [4.78, 5) is 130. The Morgan fingerprint density at radius 1 is 0.791 bits per heavy atom. The summed E-state index contributed by atoms with van der Waals surface area (Å²) in [5.41, 5.74) is 1.85. The van der Waals surface area contributed by atoms with E-state index in [2.05, 4.69) is 59.7 Å². The number of carboxylic acids is 1. The Morgan fingerprint density at radius 2 is 1.44 bits per heavy atom. The number of aliphatic hydroxyl groups is 1. The van der Waals surface area contributed by atoms with E-state index in [1.165, 1.54) is 24.0 Å². The minimum absolute atomic E-state index is 0.0181. The summed E-state index contributed by atoms with van der Waals surface area (Å²) in [5, 5.41) is 32.3. The van der Waals surface area contributed by atoms with Crippen LogP contribution in [0.2, 0.25) is 0 Å². The standard InChI is InChI=1S/C61H83F2IN12O14S/c1-2-47-35-61(62,63)40-76(47)56(82)36-68-58(85)49-15-17-65-51-14-13-48(34-50(49)51)90-32-5-19-70-28-30-75(31-29-70)60(87)53(79)39-91-33-18-67-59(86)52(7-4-16-66-54(80)8-3-6-45-9-11-46(64)12-10-45)69-55(81)37-71-20-21-72(38-57(83)84)23-25-74(42-89-44-78)27-26-73(24-22-71)41-88-43-77/h1,9-15,17,34,43-44,47,52-53,79H,3-8,16,18-33,35-42H2,(H,66,80)(H,67,86)(H,68,85)(H,69,81)(H,83,84)/t47-,52-,53+/m0/s1. The molecule has 26 nitrogen and oxygen atoms in total. The molecule has 1 aromatic heterocycles. The number of carboxylic acid groups (broad SMARTS) is 1. The van der Waals surface area contributed by atoms with E-state index in [1.807, 2.05) is 39.0 Å². The van der Waals surface area contributed by atoms with Crippen LogP contribution in [-0.2, 0) is 54.3 Å². The van der Waals surface area contributed by atoms with Crippen LogP contribution in [-0.4, -0.2) is 284 Å². The van der Waals surface area contributed by atoms with Gasteiger partial charge in [0.05, 0.1) is 49.9 Å². The van der Waals surface area contributed by atoms with Crippen LogP contribution < -0.4 is 26.0 Å². The maximum Gasteiger partial charge on any atom is 0.317 e. The summed E-state index contributed by atoms with van der Waals surface area (Å²) in [6, 6.07) is 12.6. The summed E-state index contributed by atoms with van der Waals surface area (Å²) in [6.45, 7) is 4.84. The van der Waals surface area contributed by atoms with Gasteiger partial charge in [0.1, 0.15) is 31.4 Å². The molecule has 6 amide bonds. The number of aliphatic hydroxyl groups excluding tert-OH is 1. The van der Waals surface area contributed by atoms with Crippen molar-refractivity contribution in [1.29, 1.82) is 0 Å². The van der Waals surface area contributed by atoms with E-state index in [4.69, 9.17) is 20.6 Å². The predicted molar refractivity (Wildman–Crippen MR) is 341 cm³/mol. The molecule has 0 aliphatic carbocycles. The van der Waals surface area contributed by atoms with Crippen molar-refractivity contribution in [2.45, 2.75) is 69.1 Å². The lowest BCUT2D eigenvalue weighted by Gasteiger charge is -2.35. The molecule has 0 bridgehead atoms. The van der Waals surface area contributed by atoms with Gasteiger partial charge in [0, 0.05) is 138 Å². The van der Waals surface area contributed by atoms with Crippen LogP contribution in [0, 0.1) is 15.9 Å². The smallest absolute Gasteiger partial charge is 0.317 e. The fraction of sp³-hybridized carbons (Fsp3) is 0.574. The van der Waals surface area contributed by atoms with Gasteiger partial charge in [-0.05, 0) is 96.7 Å². The molecule has 4 heterocycles. The minimum atomic E-state index is -3.11. The average Bonchev–Trinajstić information content (AvgIpc) is 2.29. The Bertz CT molecular complexity index is 2930. The van der Waals surface area contributed by atoms with Crippen molar-refractivity contribution in [2.24, 2.45) is 0 Å². The molecule has 3 aliphatic rings. The highest BCUT2D eigenvalue weighted by atomic mass is 127. The summed E-state index contributed by atoms with van der Waals surface area (Å²) >= 11 is 3.52. The van der Waals surface area contributed by atoms with Gasteiger partial charge in [-0.25, -0.2) is 8.78 Å². The molecule has 6 rings (SSSR count). The quantitative estimate of drug-likeness (QED) is 0.0206. The first-order chi connectivity index (χ1) is 43.8. The number of nitrogens with one attached hydrogen (secondary N) is 4. The van der Waals surface area contributed by atoms with Crippen molar-refractivity contribution < 1.29 is 76.4 Å². The largest absolute Gasteiger partial charge is 0.494 e.